The summed E-state index contributed by atoms with van der Waals surface area (Å²) in [5.74, 6) is -0.242. The maximum Gasteiger partial charge on any atom is 0.257 e. The molecular weight excluding hydrogens is 324 g/mol. The zero-order valence-electron chi connectivity index (χ0n) is 14.1. The lowest BCUT2D eigenvalue weighted by molar-refractivity contribution is -0.135. The molecular formula is C17H24N4O2S. The summed E-state index contributed by atoms with van der Waals surface area (Å²) in [6.07, 6.45) is 3.40. The van der Waals surface area contributed by atoms with E-state index in [4.69, 9.17) is 12.2 Å². The van der Waals surface area contributed by atoms with Gasteiger partial charge in [0.05, 0.1) is 0 Å². The first-order chi connectivity index (χ1) is 11.4. The van der Waals surface area contributed by atoms with Crippen LogP contribution < -0.4 is 16.2 Å². The fraction of sp³-hybridized carbons (Fsp3) is 0.471. The van der Waals surface area contributed by atoms with Crippen LogP contribution >= 0.6 is 12.2 Å². The van der Waals surface area contributed by atoms with Gasteiger partial charge in [-0.3, -0.25) is 20.4 Å². The van der Waals surface area contributed by atoms with Gasteiger partial charge in [-0.1, -0.05) is 12.5 Å². The number of hydrogen-bond acceptors (Lipinski definition) is 3. The van der Waals surface area contributed by atoms with Crippen LogP contribution in [0.25, 0.3) is 0 Å². The summed E-state index contributed by atoms with van der Waals surface area (Å²) in [4.78, 5) is 25.5. The van der Waals surface area contributed by atoms with E-state index in [0.29, 0.717) is 18.1 Å². The lowest BCUT2D eigenvalue weighted by Gasteiger charge is -2.20. The van der Waals surface area contributed by atoms with Gasteiger partial charge in [0, 0.05) is 18.7 Å². The number of nitrogens with one attached hydrogen (secondary N) is 3. The van der Waals surface area contributed by atoms with Crippen LogP contribution in [0.15, 0.2) is 18.2 Å². The smallest absolute Gasteiger partial charge is 0.257 e. The van der Waals surface area contributed by atoms with Gasteiger partial charge in [-0.2, -0.15) is 0 Å². The molecule has 1 aromatic carbocycles. The van der Waals surface area contributed by atoms with Crippen molar-refractivity contribution in [1.82, 2.24) is 15.8 Å². The number of hydrogen-bond donors (Lipinski definition) is 3. The summed E-state index contributed by atoms with van der Waals surface area (Å²) in [5, 5.41) is 3.33. The Hall–Kier alpha value is -2.15. The molecule has 2 rings (SSSR count). The van der Waals surface area contributed by atoms with E-state index in [9.17, 15) is 9.59 Å². The Labute approximate surface area is 148 Å². The van der Waals surface area contributed by atoms with Gasteiger partial charge in [-0.05, 0) is 62.2 Å². The van der Waals surface area contributed by atoms with Gasteiger partial charge < -0.3 is 10.2 Å². The van der Waals surface area contributed by atoms with E-state index in [1.165, 1.54) is 0 Å². The zero-order valence-corrected chi connectivity index (χ0v) is 15.0. The van der Waals surface area contributed by atoms with E-state index in [1.54, 1.807) is 4.90 Å². The van der Waals surface area contributed by atoms with Gasteiger partial charge in [0.2, 0.25) is 5.91 Å². The van der Waals surface area contributed by atoms with Gasteiger partial charge >= 0.3 is 0 Å². The molecule has 1 saturated heterocycles. The molecule has 0 unspecified atom stereocenters. The van der Waals surface area contributed by atoms with Crippen molar-refractivity contribution in [2.24, 2.45) is 0 Å². The minimum Gasteiger partial charge on any atom is -0.333 e. The average Bonchev–Trinajstić information content (AvgIpc) is 2.69. The van der Waals surface area contributed by atoms with Crippen LogP contribution in [0.3, 0.4) is 0 Å². The largest absolute Gasteiger partial charge is 0.333 e. The second-order valence-electron chi connectivity index (χ2n) is 6.13. The molecule has 0 radical (unpaired) electrons. The third-order valence-electron chi connectivity index (χ3n) is 3.80. The molecule has 1 aliphatic rings. The van der Waals surface area contributed by atoms with Crippen LogP contribution in [0, 0.1) is 13.8 Å². The molecule has 6 nitrogen and oxygen atoms in total. The average molecular weight is 348 g/mol. The number of nitrogens with zero attached hydrogens (tertiary/aromatic N) is 1. The van der Waals surface area contributed by atoms with Crippen LogP contribution in [-0.2, 0) is 9.59 Å². The van der Waals surface area contributed by atoms with E-state index >= 15 is 0 Å². The van der Waals surface area contributed by atoms with E-state index in [1.807, 2.05) is 26.0 Å². The Morgan fingerprint density at radius 2 is 1.83 bits per heavy atom. The quantitative estimate of drug-likeness (QED) is 0.576. The van der Waals surface area contributed by atoms with Gasteiger partial charge in [-0.25, -0.2) is 0 Å². The Morgan fingerprint density at radius 1 is 1.12 bits per heavy atom. The first kappa shape index (κ1) is 18.2. The van der Waals surface area contributed by atoms with Gasteiger partial charge in [0.25, 0.3) is 5.91 Å². The summed E-state index contributed by atoms with van der Waals surface area (Å²) in [6.45, 7) is 4.71. The van der Waals surface area contributed by atoms with E-state index in [2.05, 4.69) is 22.2 Å². The molecule has 24 heavy (non-hydrogen) atoms. The molecule has 1 heterocycles. The molecule has 0 bridgehead atoms. The van der Waals surface area contributed by atoms with Crippen molar-refractivity contribution in [3.05, 3.63) is 29.3 Å². The highest BCUT2D eigenvalue weighted by atomic mass is 32.1. The monoisotopic (exact) mass is 348 g/mol. The van der Waals surface area contributed by atoms with Gasteiger partial charge in [-0.15, -0.1) is 0 Å². The highest BCUT2D eigenvalue weighted by Gasteiger charge is 2.19. The predicted octanol–water partition coefficient (Wildman–Crippen LogP) is 2.02. The van der Waals surface area contributed by atoms with Crippen molar-refractivity contribution in [2.75, 3.05) is 18.4 Å². The summed E-state index contributed by atoms with van der Waals surface area (Å²) >= 11 is 5.17. The van der Waals surface area contributed by atoms with Crippen molar-refractivity contribution < 1.29 is 9.59 Å². The number of carbonyl (C=O) groups is 2. The van der Waals surface area contributed by atoms with Crippen molar-refractivity contribution in [1.29, 1.82) is 0 Å². The number of thiocarbonyl (C=S) groups is 1. The first-order valence-corrected chi connectivity index (χ1v) is 8.57. The molecule has 2 amide bonds. The minimum atomic E-state index is -0.283. The predicted molar refractivity (Wildman–Crippen MR) is 98.5 cm³/mol. The number of carbonyl (C=O) groups excluding carboxylic acids is 2. The molecule has 0 atom stereocenters. The van der Waals surface area contributed by atoms with Crippen molar-refractivity contribution in [2.45, 2.75) is 39.5 Å². The fourth-order valence-electron chi connectivity index (χ4n) is 2.75. The Kier molecular flexibility index (Phi) is 6.54. The minimum absolute atomic E-state index is 0.0404. The van der Waals surface area contributed by atoms with Crippen LogP contribution in [-0.4, -0.2) is 34.9 Å². The van der Waals surface area contributed by atoms with Crippen LogP contribution in [0.4, 0.5) is 5.69 Å². The molecule has 7 heteroatoms. The fourth-order valence-corrected chi connectivity index (χ4v) is 2.92. The number of rotatable bonds is 3. The molecule has 3 N–H and O–H groups in total. The third kappa shape index (κ3) is 5.81. The lowest BCUT2D eigenvalue weighted by Crippen LogP contribution is -2.48. The van der Waals surface area contributed by atoms with E-state index in [-0.39, 0.29) is 18.4 Å². The number of amides is 2. The SMILES string of the molecule is Cc1cc(C)cc(NC(=S)NNC(=O)CN2CCCCCC2=O)c1. The Morgan fingerprint density at radius 3 is 2.54 bits per heavy atom. The summed E-state index contributed by atoms with van der Waals surface area (Å²) < 4.78 is 0. The molecule has 0 saturated carbocycles. The lowest BCUT2D eigenvalue weighted by atomic mass is 10.1. The maximum atomic E-state index is 12.0. The molecule has 130 valence electrons. The molecule has 0 aliphatic carbocycles. The zero-order chi connectivity index (χ0) is 17.5. The summed E-state index contributed by atoms with van der Waals surface area (Å²) in [5.41, 5.74) is 8.33. The molecule has 0 aromatic heterocycles. The molecule has 1 fully saturated rings. The van der Waals surface area contributed by atoms with Crippen LogP contribution in [0.5, 0.6) is 0 Å². The normalized spacial score (nSPS) is 14.8. The second kappa shape index (κ2) is 8.63. The summed E-state index contributed by atoms with van der Waals surface area (Å²) in [7, 11) is 0. The highest BCUT2D eigenvalue weighted by Crippen LogP contribution is 2.13. The second-order valence-corrected chi connectivity index (χ2v) is 6.54. The number of aryl methyl sites for hydroxylation is 2. The number of benzene rings is 1. The highest BCUT2D eigenvalue weighted by molar-refractivity contribution is 7.80. The standard InChI is InChI=1S/C17H24N4O2S/c1-12-8-13(2)10-14(9-12)18-17(24)20-19-15(22)11-21-7-5-3-4-6-16(21)23/h8-10H,3-7,11H2,1-2H3,(H,19,22)(H2,18,20,24). The molecule has 0 spiro atoms. The van der Waals surface area contributed by atoms with Crippen LogP contribution in [0.1, 0.15) is 36.8 Å². The Bertz CT molecular complexity index is 613. The van der Waals surface area contributed by atoms with E-state index < -0.39 is 0 Å². The van der Waals surface area contributed by atoms with Crippen molar-refractivity contribution in [3.8, 4) is 0 Å². The topological polar surface area (TPSA) is 73.5 Å². The first-order valence-electron chi connectivity index (χ1n) is 8.16. The Balaban J connectivity index is 1.78. The van der Waals surface area contributed by atoms with Crippen molar-refractivity contribution >= 4 is 34.8 Å². The van der Waals surface area contributed by atoms with E-state index in [0.717, 1.165) is 36.1 Å². The maximum absolute atomic E-state index is 12.0. The third-order valence-corrected chi connectivity index (χ3v) is 4.00. The number of anilines is 1. The number of likely N-dealkylation sites (tertiary alicyclic amines) is 1. The summed E-state index contributed by atoms with van der Waals surface area (Å²) in [6, 6.07) is 6.01. The van der Waals surface area contributed by atoms with Gasteiger partial charge in [0.1, 0.15) is 6.54 Å². The molecule has 1 aliphatic heterocycles. The molecule has 1 aromatic rings. The van der Waals surface area contributed by atoms with Crippen LogP contribution in [0.2, 0.25) is 0 Å². The van der Waals surface area contributed by atoms with Gasteiger partial charge in [0.15, 0.2) is 5.11 Å². The van der Waals surface area contributed by atoms with Crippen molar-refractivity contribution in [3.63, 3.8) is 0 Å². The number of hydrazine groups is 1.